The van der Waals surface area contributed by atoms with Crippen molar-refractivity contribution in [2.45, 2.75) is 43.9 Å². The van der Waals surface area contributed by atoms with E-state index in [0.717, 1.165) is 43.2 Å². The third kappa shape index (κ3) is 2.71. The number of hydrogen-bond acceptors (Lipinski definition) is 3. The monoisotopic (exact) mass is 293 g/mol. The molecule has 0 radical (unpaired) electrons. The molecule has 0 aliphatic heterocycles. The van der Waals surface area contributed by atoms with Crippen LogP contribution in [0.5, 0.6) is 0 Å². The van der Waals surface area contributed by atoms with Gasteiger partial charge < -0.3 is 0 Å². The molecule has 1 saturated carbocycles. The van der Waals surface area contributed by atoms with Gasteiger partial charge in [-0.25, -0.2) is 17.7 Å². The van der Waals surface area contributed by atoms with Crippen LogP contribution in [0.4, 0.5) is 0 Å². The first-order chi connectivity index (χ1) is 9.67. The molecule has 20 heavy (non-hydrogen) atoms. The van der Waals surface area contributed by atoms with Gasteiger partial charge in [-0.2, -0.15) is 5.10 Å². The minimum Gasteiger partial charge on any atom is -0.241 e. The highest BCUT2D eigenvalue weighted by molar-refractivity contribution is 7.90. The molecule has 0 bridgehead atoms. The smallest absolute Gasteiger partial charge is 0.214 e. The molecule has 1 fully saturated rings. The van der Waals surface area contributed by atoms with Crippen LogP contribution >= 0.6 is 0 Å². The highest BCUT2D eigenvalue weighted by Gasteiger charge is 2.26. The summed E-state index contributed by atoms with van der Waals surface area (Å²) in [6, 6.07) is 5.77. The van der Waals surface area contributed by atoms with Gasteiger partial charge in [0.1, 0.15) is 0 Å². The molecule has 2 heterocycles. The fourth-order valence-corrected chi connectivity index (χ4v) is 4.34. The number of sulfonamides is 1. The first kappa shape index (κ1) is 13.6. The molecule has 5 nitrogen and oxygen atoms in total. The lowest BCUT2D eigenvalue weighted by molar-refractivity contribution is 0.477. The van der Waals surface area contributed by atoms with Crippen molar-refractivity contribution in [3.8, 4) is 0 Å². The Bertz CT molecular complexity index is 687. The van der Waals surface area contributed by atoms with E-state index in [2.05, 4.69) is 9.82 Å². The van der Waals surface area contributed by atoms with Crippen molar-refractivity contribution in [3.05, 3.63) is 36.2 Å². The van der Waals surface area contributed by atoms with Crippen molar-refractivity contribution in [1.82, 2.24) is 14.3 Å². The Balaban J connectivity index is 1.72. The van der Waals surface area contributed by atoms with Gasteiger partial charge in [0.05, 0.1) is 17.0 Å². The highest BCUT2D eigenvalue weighted by atomic mass is 32.2. The fraction of sp³-hybridized carbons (Fsp3) is 0.500. The zero-order valence-corrected chi connectivity index (χ0v) is 12.1. The summed E-state index contributed by atoms with van der Waals surface area (Å²) in [7, 11) is -3.22. The van der Waals surface area contributed by atoms with Crippen molar-refractivity contribution in [2.24, 2.45) is 0 Å². The van der Waals surface area contributed by atoms with E-state index < -0.39 is 10.0 Å². The molecule has 0 saturated heterocycles. The summed E-state index contributed by atoms with van der Waals surface area (Å²) in [5.74, 6) is 0. The normalized spacial score (nSPS) is 17.6. The summed E-state index contributed by atoms with van der Waals surface area (Å²) in [4.78, 5) is 0. The van der Waals surface area contributed by atoms with E-state index in [1.165, 1.54) is 0 Å². The van der Waals surface area contributed by atoms with Crippen LogP contribution in [0.1, 0.15) is 37.7 Å². The number of aromatic nitrogens is 2. The maximum Gasteiger partial charge on any atom is 0.214 e. The van der Waals surface area contributed by atoms with Crippen molar-refractivity contribution in [1.29, 1.82) is 0 Å². The van der Waals surface area contributed by atoms with Gasteiger partial charge in [-0.15, -0.1) is 0 Å². The molecule has 1 N–H and O–H groups in total. The minimum atomic E-state index is -3.22. The number of rotatable bonds is 4. The average Bonchev–Trinajstić information content (AvgIpc) is 2.89. The van der Waals surface area contributed by atoms with Gasteiger partial charge in [0.25, 0.3) is 0 Å². The molecule has 0 amide bonds. The summed E-state index contributed by atoms with van der Waals surface area (Å²) in [5.41, 5.74) is 1.85. The molecular formula is C14H19N3O2S. The molecule has 0 unspecified atom stereocenters. The average molecular weight is 293 g/mol. The summed E-state index contributed by atoms with van der Waals surface area (Å²) >= 11 is 0. The van der Waals surface area contributed by atoms with Crippen molar-refractivity contribution < 1.29 is 8.42 Å². The fourth-order valence-electron chi connectivity index (χ4n) is 2.80. The lowest BCUT2D eigenvalue weighted by Crippen LogP contribution is -2.35. The van der Waals surface area contributed by atoms with E-state index in [4.69, 9.17) is 0 Å². The zero-order chi connectivity index (χ0) is 14.0. The Morgan fingerprint density at radius 1 is 1.25 bits per heavy atom. The Morgan fingerprint density at radius 2 is 2.05 bits per heavy atom. The highest BCUT2D eigenvalue weighted by Crippen LogP contribution is 2.23. The molecule has 0 aromatic carbocycles. The van der Waals surface area contributed by atoms with Crippen LogP contribution in [0.25, 0.3) is 5.52 Å². The maximum absolute atomic E-state index is 12.3. The van der Waals surface area contributed by atoms with E-state index in [1.54, 1.807) is 10.7 Å². The van der Waals surface area contributed by atoms with Gasteiger partial charge in [-0.05, 0) is 25.0 Å². The Kier molecular flexibility index (Phi) is 3.76. The first-order valence-corrected chi connectivity index (χ1v) is 8.61. The largest absolute Gasteiger partial charge is 0.241 e. The van der Waals surface area contributed by atoms with E-state index in [-0.39, 0.29) is 5.25 Å². The Labute approximate surface area is 119 Å². The second-order valence-electron chi connectivity index (χ2n) is 5.33. The first-order valence-electron chi connectivity index (χ1n) is 7.06. The lowest BCUT2D eigenvalue weighted by Gasteiger charge is -2.21. The van der Waals surface area contributed by atoms with Crippen LogP contribution in [0.3, 0.4) is 0 Å². The summed E-state index contributed by atoms with van der Waals surface area (Å²) < 4.78 is 29.1. The zero-order valence-electron chi connectivity index (χ0n) is 11.3. The number of nitrogens with zero attached hydrogens (tertiary/aromatic N) is 2. The molecule has 108 valence electrons. The topological polar surface area (TPSA) is 63.5 Å². The number of fused-ring (bicyclic) bond motifs is 1. The lowest BCUT2D eigenvalue weighted by atomic mass is 10.0. The van der Waals surface area contributed by atoms with Crippen LogP contribution in [0.2, 0.25) is 0 Å². The van der Waals surface area contributed by atoms with Crippen molar-refractivity contribution in [3.63, 3.8) is 0 Å². The number of pyridine rings is 1. The van der Waals surface area contributed by atoms with Gasteiger partial charge in [0.15, 0.2) is 0 Å². The third-order valence-corrected chi connectivity index (χ3v) is 5.86. The van der Waals surface area contributed by atoms with Crippen LogP contribution in [0.15, 0.2) is 30.6 Å². The molecule has 1 aliphatic carbocycles. The second-order valence-corrected chi connectivity index (χ2v) is 7.37. The molecule has 0 atom stereocenters. The van der Waals surface area contributed by atoms with E-state index in [1.807, 2.05) is 24.4 Å². The van der Waals surface area contributed by atoms with Crippen molar-refractivity contribution >= 4 is 15.5 Å². The van der Waals surface area contributed by atoms with Gasteiger partial charge in [-0.1, -0.05) is 25.3 Å². The van der Waals surface area contributed by atoms with Gasteiger partial charge >= 0.3 is 0 Å². The maximum atomic E-state index is 12.3. The predicted molar refractivity (Wildman–Crippen MR) is 77.8 cm³/mol. The van der Waals surface area contributed by atoms with E-state index >= 15 is 0 Å². The summed E-state index contributed by atoms with van der Waals surface area (Å²) in [6.07, 6.45) is 8.33. The third-order valence-electron chi connectivity index (χ3n) is 3.96. The van der Waals surface area contributed by atoms with Crippen molar-refractivity contribution in [2.75, 3.05) is 0 Å². The molecule has 2 aromatic heterocycles. The molecule has 6 heteroatoms. The van der Waals surface area contributed by atoms with Crippen LogP contribution in [-0.2, 0) is 16.6 Å². The Morgan fingerprint density at radius 3 is 2.85 bits per heavy atom. The van der Waals surface area contributed by atoms with Crippen LogP contribution in [0, 0.1) is 0 Å². The van der Waals surface area contributed by atoms with E-state index in [0.29, 0.717) is 6.54 Å². The molecular weight excluding hydrogens is 274 g/mol. The standard InChI is InChI=1S/C14H19N3O2S/c18-20(19,13-6-2-1-3-7-13)16-11-12-10-15-17-9-5-4-8-14(12)17/h4-5,8-10,13,16H,1-3,6-7,11H2. The minimum absolute atomic E-state index is 0.224. The van der Waals surface area contributed by atoms with Crippen LogP contribution in [-0.4, -0.2) is 23.3 Å². The SMILES string of the molecule is O=S(=O)(NCc1cnn2ccccc12)C1CCCCC1. The molecule has 1 aliphatic rings. The van der Waals surface area contributed by atoms with Gasteiger partial charge in [0.2, 0.25) is 10.0 Å². The second kappa shape index (κ2) is 5.54. The quantitative estimate of drug-likeness (QED) is 0.939. The number of nitrogens with one attached hydrogen (secondary N) is 1. The van der Waals surface area contributed by atoms with Gasteiger partial charge in [0, 0.05) is 18.3 Å². The van der Waals surface area contributed by atoms with Gasteiger partial charge in [-0.3, -0.25) is 0 Å². The van der Waals surface area contributed by atoms with E-state index in [9.17, 15) is 8.42 Å². The molecule has 3 rings (SSSR count). The molecule has 0 spiro atoms. The summed E-state index contributed by atoms with van der Waals surface area (Å²) in [6.45, 7) is 0.312. The predicted octanol–water partition coefficient (Wildman–Crippen LogP) is 2.09. The number of hydrogen-bond donors (Lipinski definition) is 1. The Hall–Kier alpha value is -1.40. The van der Waals surface area contributed by atoms with Crippen LogP contribution < -0.4 is 4.72 Å². The summed E-state index contributed by atoms with van der Waals surface area (Å²) in [5, 5.41) is 3.99. The molecule has 2 aromatic rings.